The van der Waals surface area contributed by atoms with Crippen molar-refractivity contribution in [3.63, 3.8) is 0 Å². The Balaban J connectivity index is 2.05. The summed E-state index contributed by atoms with van der Waals surface area (Å²) < 4.78 is 36.3. The van der Waals surface area contributed by atoms with Gasteiger partial charge in [-0.05, 0) is 6.07 Å². The maximum absolute atomic E-state index is 13.2. The molecule has 0 spiro atoms. The number of pyridine rings is 1. The molecular weight excluding hydrogens is 298 g/mol. The molecule has 22 heavy (non-hydrogen) atoms. The Bertz CT molecular complexity index is 638. The van der Waals surface area contributed by atoms with Crippen molar-refractivity contribution in [2.75, 3.05) is 20.3 Å². The average molecular weight is 312 g/mol. The molecule has 2 N–H and O–H groups in total. The minimum absolute atomic E-state index is 0.00119. The number of halogens is 2. The van der Waals surface area contributed by atoms with E-state index in [9.17, 15) is 13.6 Å². The van der Waals surface area contributed by atoms with Crippen LogP contribution in [0.4, 0.5) is 14.5 Å². The number of hydrogen-bond acceptors (Lipinski definition) is 7. The molecule has 0 radical (unpaired) electrons. The normalized spacial score (nSPS) is 23.6. The van der Waals surface area contributed by atoms with Gasteiger partial charge < -0.3 is 20.1 Å². The van der Waals surface area contributed by atoms with E-state index in [1.165, 1.54) is 24.3 Å². The number of ether oxygens (including phenoxy) is 2. The second kappa shape index (κ2) is 5.48. The van der Waals surface area contributed by atoms with Gasteiger partial charge in [0.15, 0.2) is 5.96 Å². The molecule has 9 heteroatoms. The van der Waals surface area contributed by atoms with Crippen molar-refractivity contribution in [2.24, 2.45) is 10.7 Å². The van der Waals surface area contributed by atoms with Gasteiger partial charge in [-0.1, -0.05) is 0 Å². The monoisotopic (exact) mass is 312 g/mol. The van der Waals surface area contributed by atoms with Gasteiger partial charge in [0.25, 0.3) is 6.43 Å². The van der Waals surface area contributed by atoms with E-state index in [-0.39, 0.29) is 24.9 Å². The number of alkyl halides is 2. The second-order valence-corrected chi connectivity index (χ2v) is 4.95. The Morgan fingerprint density at radius 1 is 1.55 bits per heavy atom. The van der Waals surface area contributed by atoms with Crippen molar-refractivity contribution < 1.29 is 23.0 Å². The first-order chi connectivity index (χ1) is 10.5. The summed E-state index contributed by atoms with van der Waals surface area (Å²) in [5.41, 5.74) is 6.90. The molecule has 7 nitrogen and oxygen atoms in total. The van der Waals surface area contributed by atoms with E-state index < -0.39 is 24.5 Å². The number of nitrogens with zero attached hydrogens (tertiary/aromatic N) is 3. The first-order valence-corrected chi connectivity index (χ1v) is 6.59. The third-order valence-corrected chi connectivity index (χ3v) is 3.72. The lowest BCUT2D eigenvalue weighted by molar-refractivity contribution is -0.0730. The minimum atomic E-state index is -2.62. The Morgan fingerprint density at radius 3 is 3.00 bits per heavy atom. The molecule has 0 saturated carbocycles. The van der Waals surface area contributed by atoms with Crippen LogP contribution >= 0.6 is 0 Å². The molecule has 2 atom stereocenters. The lowest BCUT2D eigenvalue weighted by Crippen LogP contribution is -2.57. The molecule has 0 aromatic carbocycles. The smallest absolute Gasteiger partial charge is 0.356 e. The number of nitrogens with two attached hydrogens (primary N) is 1. The Hall–Kier alpha value is -2.29. The van der Waals surface area contributed by atoms with Crippen LogP contribution in [0.15, 0.2) is 17.3 Å². The summed E-state index contributed by atoms with van der Waals surface area (Å²) in [6, 6.07) is -0.233. The van der Waals surface area contributed by atoms with Gasteiger partial charge in [-0.3, -0.25) is 0 Å². The largest absolute Gasteiger partial charge is 0.464 e. The maximum Gasteiger partial charge on any atom is 0.356 e. The van der Waals surface area contributed by atoms with E-state index in [4.69, 9.17) is 10.5 Å². The molecule has 1 aromatic rings. The van der Waals surface area contributed by atoms with Crippen LogP contribution in [-0.4, -0.2) is 54.6 Å². The highest BCUT2D eigenvalue weighted by Crippen LogP contribution is 2.38. The molecular formula is C13H14F2N4O3. The first-order valence-electron chi connectivity index (χ1n) is 6.59. The zero-order chi connectivity index (χ0) is 15.9. The van der Waals surface area contributed by atoms with Gasteiger partial charge >= 0.3 is 5.97 Å². The van der Waals surface area contributed by atoms with E-state index in [0.717, 1.165) is 0 Å². The third-order valence-electron chi connectivity index (χ3n) is 3.72. The number of esters is 1. The van der Waals surface area contributed by atoms with Crippen molar-refractivity contribution in [3.05, 3.63) is 23.5 Å². The van der Waals surface area contributed by atoms with E-state index >= 15 is 0 Å². The molecule has 1 saturated heterocycles. The lowest BCUT2D eigenvalue weighted by Gasteiger charge is -2.44. The molecule has 0 amide bonds. The summed E-state index contributed by atoms with van der Waals surface area (Å²) in [7, 11) is 1.24. The number of aliphatic imine (C=N–C) groups is 1. The van der Waals surface area contributed by atoms with Crippen LogP contribution in [0.5, 0.6) is 0 Å². The summed E-state index contributed by atoms with van der Waals surface area (Å²) in [6.45, 7) is 0.0473. The van der Waals surface area contributed by atoms with Crippen molar-refractivity contribution in [2.45, 2.75) is 18.5 Å². The molecule has 1 aromatic heterocycles. The van der Waals surface area contributed by atoms with Crippen LogP contribution in [0.25, 0.3) is 0 Å². The molecule has 0 unspecified atom stereocenters. The maximum atomic E-state index is 13.2. The van der Waals surface area contributed by atoms with Gasteiger partial charge in [-0.2, -0.15) is 0 Å². The summed E-state index contributed by atoms with van der Waals surface area (Å²) in [5, 5.41) is 0. The summed E-state index contributed by atoms with van der Waals surface area (Å²) in [4.78, 5) is 21.0. The van der Waals surface area contributed by atoms with Gasteiger partial charge in [-0.25, -0.2) is 23.6 Å². The van der Waals surface area contributed by atoms with E-state index in [0.29, 0.717) is 11.3 Å². The fourth-order valence-corrected chi connectivity index (χ4v) is 2.68. The summed E-state index contributed by atoms with van der Waals surface area (Å²) in [6.07, 6.45) is -1.25. The van der Waals surface area contributed by atoms with Gasteiger partial charge in [-0.15, -0.1) is 0 Å². The van der Waals surface area contributed by atoms with Gasteiger partial charge in [0.1, 0.15) is 11.7 Å². The predicted molar refractivity (Wildman–Crippen MR) is 72.0 cm³/mol. The van der Waals surface area contributed by atoms with Crippen molar-refractivity contribution >= 4 is 17.6 Å². The van der Waals surface area contributed by atoms with Crippen LogP contribution in [0.3, 0.4) is 0 Å². The van der Waals surface area contributed by atoms with Crippen LogP contribution in [0.2, 0.25) is 0 Å². The lowest BCUT2D eigenvalue weighted by atomic mass is 9.99. The number of carbonyl (C=O) groups excluding carboxylic acids is 1. The summed E-state index contributed by atoms with van der Waals surface area (Å²) >= 11 is 0. The topological polar surface area (TPSA) is 90.0 Å². The number of rotatable bonds is 2. The van der Waals surface area contributed by atoms with Gasteiger partial charge in [0, 0.05) is 5.56 Å². The number of guanidine groups is 1. The van der Waals surface area contributed by atoms with Gasteiger partial charge in [0.05, 0.1) is 38.2 Å². The SMILES string of the molecule is COC(=O)c1cc2c(cn1)N=C(N)N1[C@@H]2COC[C@@H]1C(F)F. The number of aromatic nitrogens is 1. The van der Waals surface area contributed by atoms with Crippen molar-refractivity contribution in [1.29, 1.82) is 0 Å². The predicted octanol–water partition coefficient (Wildman–Crippen LogP) is 0.835. The fraction of sp³-hybridized carbons (Fsp3) is 0.462. The highest BCUT2D eigenvalue weighted by atomic mass is 19.3. The Labute approximate surface area is 124 Å². The Morgan fingerprint density at radius 2 is 2.32 bits per heavy atom. The zero-order valence-electron chi connectivity index (χ0n) is 11.7. The fourth-order valence-electron chi connectivity index (χ4n) is 2.68. The first kappa shape index (κ1) is 14.6. The second-order valence-electron chi connectivity index (χ2n) is 4.95. The highest BCUT2D eigenvalue weighted by molar-refractivity contribution is 5.89. The number of methoxy groups -OCH3 is 1. The molecule has 1 fully saturated rings. The molecule has 118 valence electrons. The zero-order valence-corrected chi connectivity index (χ0v) is 11.7. The van der Waals surface area contributed by atoms with E-state index in [1.807, 2.05) is 0 Å². The highest BCUT2D eigenvalue weighted by Gasteiger charge is 2.42. The van der Waals surface area contributed by atoms with Gasteiger partial charge in [0.2, 0.25) is 0 Å². The average Bonchev–Trinajstić information content (AvgIpc) is 2.53. The van der Waals surface area contributed by atoms with E-state index in [2.05, 4.69) is 14.7 Å². The minimum Gasteiger partial charge on any atom is -0.464 e. The van der Waals surface area contributed by atoms with Crippen LogP contribution < -0.4 is 5.73 Å². The molecule has 2 aliphatic rings. The standard InChI is InChI=1S/C13H14F2N4O3/c1-21-12(20)7-2-6-8(3-17-7)18-13(16)19-9(6)4-22-5-10(19)11(14)15/h2-3,9-11H,4-5H2,1H3,(H2,16,18)/t9-,10-/m1/s1. The third kappa shape index (κ3) is 2.27. The van der Waals surface area contributed by atoms with Crippen LogP contribution in [-0.2, 0) is 9.47 Å². The molecule has 2 aliphatic heterocycles. The number of hydrogen-bond donors (Lipinski definition) is 1. The summed E-state index contributed by atoms with van der Waals surface area (Å²) in [5.74, 6) is -0.613. The molecule has 3 rings (SSSR count). The van der Waals surface area contributed by atoms with Crippen LogP contribution in [0, 0.1) is 0 Å². The number of carbonyl (C=O) groups is 1. The molecule has 0 bridgehead atoms. The Kier molecular flexibility index (Phi) is 3.65. The molecule has 3 heterocycles. The quantitative estimate of drug-likeness (QED) is 0.814. The van der Waals surface area contributed by atoms with Crippen LogP contribution in [0.1, 0.15) is 22.1 Å². The van der Waals surface area contributed by atoms with Crippen molar-refractivity contribution in [3.8, 4) is 0 Å². The number of morpholine rings is 1. The number of fused-ring (bicyclic) bond motifs is 3. The van der Waals surface area contributed by atoms with Crippen molar-refractivity contribution in [1.82, 2.24) is 9.88 Å². The van der Waals surface area contributed by atoms with E-state index in [1.54, 1.807) is 0 Å². The molecule has 0 aliphatic carbocycles.